The van der Waals surface area contributed by atoms with E-state index in [0.717, 1.165) is 11.1 Å². The number of nitrogens with zero attached hydrogens (tertiary/aromatic N) is 1. The second-order valence-electron chi connectivity index (χ2n) is 4.16. The fourth-order valence-electron chi connectivity index (χ4n) is 1.95. The van der Waals surface area contributed by atoms with Crippen LogP contribution in [0.1, 0.15) is 17.0 Å². The average molecular weight is 276 g/mol. The van der Waals surface area contributed by atoms with E-state index in [1.807, 2.05) is 30.3 Å². The Morgan fingerprint density at radius 2 is 2.11 bits per heavy atom. The fraction of sp³-hybridized carbons (Fsp3) is 0.200. The molecule has 0 saturated heterocycles. The first-order valence-electron chi connectivity index (χ1n) is 5.93. The summed E-state index contributed by atoms with van der Waals surface area (Å²) in [5.74, 6) is -0.675. The summed E-state index contributed by atoms with van der Waals surface area (Å²) in [5.41, 5.74) is 1.75. The molecule has 98 valence electrons. The minimum absolute atomic E-state index is 0.284. The van der Waals surface area contributed by atoms with Gasteiger partial charge in [0.25, 0.3) is 0 Å². The largest absolute Gasteiger partial charge is 0.469 e. The van der Waals surface area contributed by atoms with Gasteiger partial charge in [0.2, 0.25) is 0 Å². The van der Waals surface area contributed by atoms with Gasteiger partial charge >= 0.3 is 5.97 Å². The van der Waals surface area contributed by atoms with E-state index in [9.17, 15) is 4.79 Å². The second kappa shape index (κ2) is 6.34. The van der Waals surface area contributed by atoms with Gasteiger partial charge in [0.15, 0.2) is 0 Å². The molecule has 0 N–H and O–H groups in total. The van der Waals surface area contributed by atoms with E-state index in [4.69, 9.17) is 16.3 Å². The van der Waals surface area contributed by atoms with Crippen molar-refractivity contribution in [2.75, 3.05) is 7.11 Å². The smallest absolute Gasteiger partial charge is 0.313 e. The highest BCUT2D eigenvalue weighted by molar-refractivity contribution is 6.31. The Morgan fingerprint density at radius 1 is 1.32 bits per heavy atom. The molecule has 0 saturated carbocycles. The third-order valence-corrected chi connectivity index (χ3v) is 3.32. The molecule has 0 radical (unpaired) electrons. The van der Waals surface area contributed by atoms with Gasteiger partial charge in [-0.2, -0.15) is 0 Å². The molecule has 1 aromatic heterocycles. The number of halogens is 1. The van der Waals surface area contributed by atoms with E-state index in [1.54, 1.807) is 18.5 Å². The highest BCUT2D eigenvalue weighted by atomic mass is 35.5. The molecule has 1 atom stereocenters. The maximum absolute atomic E-state index is 11.9. The van der Waals surface area contributed by atoms with Crippen LogP contribution in [0.2, 0.25) is 5.02 Å². The summed E-state index contributed by atoms with van der Waals surface area (Å²) < 4.78 is 4.87. The van der Waals surface area contributed by atoms with Crippen molar-refractivity contribution in [2.24, 2.45) is 0 Å². The lowest BCUT2D eigenvalue weighted by molar-refractivity contribution is -0.142. The molecule has 3 nitrogen and oxygen atoms in total. The minimum Gasteiger partial charge on any atom is -0.469 e. The van der Waals surface area contributed by atoms with E-state index in [0.29, 0.717) is 11.4 Å². The first-order chi connectivity index (χ1) is 9.22. The summed E-state index contributed by atoms with van der Waals surface area (Å²) in [4.78, 5) is 16.0. The third-order valence-electron chi connectivity index (χ3n) is 2.95. The number of rotatable bonds is 4. The number of ether oxygens (including phenoxy) is 1. The molecule has 2 rings (SSSR count). The van der Waals surface area contributed by atoms with Crippen LogP contribution in [0.3, 0.4) is 0 Å². The van der Waals surface area contributed by atoms with Gasteiger partial charge in [-0.15, -0.1) is 0 Å². The molecule has 4 heteroatoms. The lowest BCUT2D eigenvalue weighted by Gasteiger charge is -2.15. The monoisotopic (exact) mass is 275 g/mol. The zero-order valence-corrected chi connectivity index (χ0v) is 11.3. The van der Waals surface area contributed by atoms with Crippen molar-refractivity contribution in [2.45, 2.75) is 12.3 Å². The van der Waals surface area contributed by atoms with E-state index in [-0.39, 0.29) is 5.97 Å². The summed E-state index contributed by atoms with van der Waals surface area (Å²) in [6, 6.07) is 11.2. The summed E-state index contributed by atoms with van der Waals surface area (Å²) >= 11 is 6.14. The zero-order chi connectivity index (χ0) is 13.7. The third kappa shape index (κ3) is 3.32. The molecule has 0 aliphatic carbocycles. The van der Waals surface area contributed by atoms with Crippen LogP contribution >= 0.6 is 11.6 Å². The molecule has 0 bridgehead atoms. The highest BCUT2D eigenvalue weighted by Gasteiger charge is 2.22. The van der Waals surface area contributed by atoms with Gasteiger partial charge in [-0.1, -0.05) is 35.9 Å². The zero-order valence-electron chi connectivity index (χ0n) is 10.5. The minimum atomic E-state index is -0.390. The fourth-order valence-corrected chi connectivity index (χ4v) is 2.16. The topological polar surface area (TPSA) is 39.2 Å². The number of benzene rings is 1. The van der Waals surface area contributed by atoms with Crippen LogP contribution in [-0.2, 0) is 16.0 Å². The predicted molar refractivity (Wildman–Crippen MR) is 74.2 cm³/mol. The Morgan fingerprint density at radius 3 is 2.74 bits per heavy atom. The van der Waals surface area contributed by atoms with Gasteiger partial charge in [0.05, 0.1) is 13.0 Å². The van der Waals surface area contributed by atoms with Crippen LogP contribution in [0.15, 0.2) is 48.8 Å². The van der Waals surface area contributed by atoms with Crippen molar-refractivity contribution in [3.63, 3.8) is 0 Å². The van der Waals surface area contributed by atoms with Gasteiger partial charge in [-0.05, 0) is 29.7 Å². The molecule has 0 amide bonds. The van der Waals surface area contributed by atoms with Gasteiger partial charge in [0.1, 0.15) is 0 Å². The second-order valence-corrected chi connectivity index (χ2v) is 4.56. The van der Waals surface area contributed by atoms with Gasteiger partial charge < -0.3 is 4.74 Å². The number of pyridine rings is 1. The molecule has 2 aromatic rings. The molecule has 0 aliphatic heterocycles. The van der Waals surface area contributed by atoms with Crippen molar-refractivity contribution in [3.05, 3.63) is 64.9 Å². The van der Waals surface area contributed by atoms with Crippen molar-refractivity contribution in [1.29, 1.82) is 0 Å². The van der Waals surface area contributed by atoms with Crippen molar-refractivity contribution < 1.29 is 9.53 Å². The number of carbonyl (C=O) groups excluding carboxylic acids is 1. The summed E-state index contributed by atoms with van der Waals surface area (Å²) in [6.07, 6.45) is 3.85. The molecule has 0 spiro atoms. The Bertz CT molecular complexity index is 557. The maximum atomic E-state index is 11.9. The van der Waals surface area contributed by atoms with Crippen molar-refractivity contribution in [3.8, 4) is 0 Å². The van der Waals surface area contributed by atoms with Crippen LogP contribution in [0.4, 0.5) is 0 Å². The lowest BCUT2D eigenvalue weighted by Crippen LogP contribution is -2.17. The number of hydrogen-bond donors (Lipinski definition) is 0. The molecular formula is C15H14ClNO2. The Hall–Kier alpha value is -1.87. The van der Waals surface area contributed by atoms with Crippen molar-refractivity contribution in [1.82, 2.24) is 4.98 Å². The Balaban J connectivity index is 2.30. The summed E-state index contributed by atoms with van der Waals surface area (Å²) in [7, 11) is 1.39. The maximum Gasteiger partial charge on any atom is 0.313 e. The molecular weight excluding hydrogens is 262 g/mol. The van der Waals surface area contributed by atoms with Crippen LogP contribution in [0, 0.1) is 0 Å². The average Bonchev–Trinajstić information content (AvgIpc) is 2.46. The predicted octanol–water partition coefficient (Wildman–Crippen LogP) is 3.23. The molecule has 1 unspecified atom stereocenters. The lowest BCUT2D eigenvalue weighted by atomic mass is 9.93. The quantitative estimate of drug-likeness (QED) is 0.804. The molecule has 0 fully saturated rings. The van der Waals surface area contributed by atoms with Gasteiger partial charge in [-0.25, -0.2) is 0 Å². The number of carbonyl (C=O) groups is 1. The van der Waals surface area contributed by atoms with Gasteiger partial charge in [-0.3, -0.25) is 9.78 Å². The van der Waals surface area contributed by atoms with Gasteiger partial charge in [0, 0.05) is 17.4 Å². The summed E-state index contributed by atoms with van der Waals surface area (Å²) in [6.45, 7) is 0. The van der Waals surface area contributed by atoms with E-state index in [2.05, 4.69) is 4.98 Å². The first-order valence-corrected chi connectivity index (χ1v) is 6.31. The van der Waals surface area contributed by atoms with Crippen LogP contribution in [-0.4, -0.2) is 18.1 Å². The Kier molecular flexibility index (Phi) is 4.53. The summed E-state index contributed by atoms with van der Waals surface area (Å²) in [5, 5.41) is 0.653. The number of hydrogen-bond acceptors (Lipinski definition) is 3. The highest BCUT2D eigenvalue weighted by Crippen LogP contribution is 2.25. The van der Waals surface area contributed by atoms with E-state index in [1.165, 1.54) is 7.11 Å². The van der Waals surface area contributed by atoms with Crippen LogP contribution in [0.25, 0.3) is 0 Å². The number of esters is 1. The van der Waals surface area contributed by atoms with E-state index >= 15 is 0 Å². The van der Waals surface area contributed by atoms with Crippen molar-refractivity contribution >= 4 is 17.6 Å². The molecule has 0 aliphatic rings. The van der Waals surface area contributed by atoms with E-state index < -0.39 is 5.92 Å². The molecule has 1 aromatic carbocycles. The SMILES string of the molecule is COC(=O)C(Cc1ccccc1Cl)c1cccnc1. The standard InChI is InChI=1S/C15H14ClNO2/c1-19-15(18)13(12-6-4-8-17-10-12)9-11-5-2-3-7-14(11)16/h2-8,10,13H,9H2,1H3. The molecule has 19 heavy (non-hydrogen) atoms. The Labute approximate surface area is 117 Å². The number of aromatic nitrogens is 1. The first kappa shape index (κ1) is 13.6. The normalized spacial score (nSPS) is 11.9. The van der Waals surface area contributed by atoms with Crippen LogP contribution < -0.4 is 0 Å². The van der Waals surface area contributed by atoms with Crippen LogP contribution in [0.5, 0.6) is 0 Å². The molecule has 1 heterocycles. The number of methoxy groups -OCH3 is 1.